The molecule has 0 spiro atoms. The summed E-state index contributed by atoms with van der Waals surface area (Å²) in [6.07, 6.45) is 1.90. The van der Waals surface area contributed by atoms with E-state index < -0.39 is 0 Å². The summed E-state index contributed by atoms with van der Waals surface area (Å²) in [5, 5.41) is 9.20. The first kappa shape index (κ1) is 12.0. The molecular formula is C14H20O. The molecule has 0 heterocycles. The van der Waals surface area contributed by atoms with Gasteiger partial charge in [-0.2, -0.15) is 0 Å². The van der Waals surface area contributed by atoms with Gasteiger partial charge in [0.05, 0.1) is 0 Å². The molecule has 1 aromatic rings. The Kier molecular flexibility index (Phi) is 4.10. The van der Waals surface area contributed by atoms with Crippen molar-refractivity contribution in [3.8, 4) is 0 Å². The third-order valence-electron chi connectivity index (χ3n) is 2.80. The van der Waals surface area contributed by atoms with Crippen molar-refractivity contribution < 1.29 is 5.11 Å². The topological polar surface area (TPSA) is 20.2 Å². The van der Waals surface area contributed by atoms with Crippen LogP contribution >= 0.6 is 0 Å². The maximum Gasteiger partial charge on any atom is 0.0497 e. The zero-order valence-corrected chi connectivity index (χ0v) is 9.83. The standard InChI is InChI=1S/C14H20O/c1-5-12-13(10(2)3)7-6-8-14(12)11(4)9-15/h5-8,10-11,15H,1,9H2,2-4H3. The van der Waals surface area contributed by atoms with Crippen LogP contribution in [-0.4, -0.2) is 11.7 Å². The molecule has 0 radical (unpaired) electrons. The largest absolute Gasteiger partial charge is 0.396 e. The predicted octanol–water partition coefficient (Wildman–Crippen LogP) is 3.55. The van der Waals surface area contributed by atoms with Gasteiger partial charge in [-0.1, -0.05) is 51.6 Å². The van der Waals surface area contributed by atoms with Crippen molar-refractivity contribution >= 4 is 6.08 Å². The molecule has 1 rings (SSSR count). The molecule has 1 unspecified atom stereocenters. The molecule has 1 aromatic carbocycles. The van der Waals surface area contributed by atoms with Gasteiger partial charge in [0.2, 0.25) is 0 Å². The van der Waals surface area contributed by atoms with E-state index in [0.29, 0.717) is 5.92 Å². The Morgan fingerprint density at radius 2 is 1.87 bits per heavy atom. The minimum Gasteiger partial charge on any atom is -0.396 e. The van der Waals surface area contributed by atoms with Crippen LogP contribution < -0.4 is 0 Å². The van der Waals surface area contributed by atoms with Crippen molar-refractivity contribution in [1.82, 2.24) is 0 Å². The molecule has 82 valence electrons. The molecule has 1 nitrogen and oxygen atoms in total. The van der Waals surface area contributed by atoms with Gasteiger partial charge in [0.15, 0.2) is 0 Å². The zero-order chi connectivity index (χ0) is 11.4. The zero-order valence-electron chi connectivity index (χ0n) is 9.83. The van der Waals surface area contributed by atoms with Crippen LogP contribution in [0.3, 0.4) is 0 Å². The van der Waals surface area contributed by atoms with E-state index in [1.165, 1.54) is 16.7 Å². The minimum absolute atomic E-state index is 0.177. The summed E-state index contributed by atoms with van der Waals surface area (Å²) < 4.78 is 0. The quantitative estimate of drug-likeness (QED) is 0.795. The van der Waals surface area contributed by atoms with E-state index in [-0.39, 0.29) is 12.5 Å². The molecule has 0 saturated heterocycles. The third-order valence-corrected chi connectivity index (χ3v) is 2.80. The maximum absolute atomic E-state index is 9.20. The lowest BCUT2D eigenvalue weighted by atomic mass is 9.88. The van der Waals surface area contributed by atoms with Gasteiger partial charge in [-0.3, -0.25) is 0 Å². The number of aliphatic hydroxyl groups excluding tert-OH is 1. The summed E-state index contributed by atoms with van der Waals surface area (Å²) >= 11 is 0. The first-order valence-corrected chi connectivity index (χ1v) is 5.47. The fourth-order valence-electron chi connectivity index (χ4n) is 1.87. The second-order valence-electron chi connectivity index (χ2n) is 4.29. The first-order chi connectivity index (χ1) is 7.11. The lowest BCUT2D eigenvalue weighted by Crippen LogP contribution is -2.04. The smallest absolute Gasteiger partial charge is 0.0497 e. The van der Waals surface area contributed by atoms with Gasteiger partial charge in [0, 0.05) is 12.5 Å². The highest BCUT2D eigenvalue weighted by Gasteiger charge is 2.12. The monoisotopic (exact) mass is 204 g/mol. The van der Waals surface area contributed by atoms with Crippen molar-refractivity contribution in [2.75, 3.05) is 6.61 Å². The normalized spacial score (nSPS) is 12.9. The fraction of sp³-hybridized carbons (Fsp3) is 0.429. The van der Waals surface area contributed by atoms with Crippen molar-refractivity contribution in [3.05, 3.63) is 41.5 Å². The summed E-state index contributed by atoms with van der Waals surface area (Å²) in [4.78, 5) is 0. The molecule has 0 fully saturated rings. The minimum atomic E-state index is 0.177. The Labute approximate surface area is 92.5 Å². The highest BCUT2D eigenvalue weighted by Crippen LogP contribution is 2.28. The summed E-state index contributed by atoms with van der Waals surface area (Å²) in [6, 6.07) is 6.27. The predicted molar refractivity (Wildman–Crippen MR) is 66.1 cm³/mol. The Hall–Kier alpha value is -1.08. The van der Waals surface area contributed by atoms with E-state index in [1.807, 2.05) is 13.0 Å². The molecule has 15 heavy (non-hydrogen) atoms. The first-order valence-electron chi connectivity index (χ1n) is 5.47. The van der Waals surface area contributed by atoms with Gasteiger partial charge in [0.25, 0.3) is 0 Å². The van der Waals surface area contributed by atoms with Gasteiger partial charge in [-0.05, 0) is 22.6 Å². The Morgan fingerprint density at radius 3 is 2.33 bits per heavy atom. The number of rotatable bonds is 4. The molecule has 1 N–H and O–H groups in total. The second-order valence-corrected chi connectivity index (χ2v) is 4.29. The molecular weight excluding hydrogens is 184 g/mol. The highest BCUT2D eigenvalue weighted by molar-refractivity contribution is 5.58. The van der Waals surface area contributed by atoms with E-state index in [2.05, 4.69) is 38.6 Å². The second kappa shape index (κ2) is 5.13. The van der Waals surface area contributed by atoms with E-state index >= 15 is 0 Å². The molecule has 0 aliphatic rings. The van der Waals surface area contributed by atoms with Crippen LogP contribution in [0.2, 0.25) is 0 Å². The average molecular weight is 204 g/mol. The van der Waals surface area contributed by atoms with Gasteiger partial charge in [-0.15, -0.1) is 0 Å². The van der Waals surface area contributed by atoms with E-state index in [4.69, 9.17) is 0 Å². The van der Waals surface area contributed by atoms with Gasteiger partial charge in [-0.25, -0.2) is 0 Å². The summed E-state index contributed by atoms with van der Waals surface area (Å²) in [5.74, 6) is 0.667. The lowest BCUT2D eigenvalue weighted by molar-refractivity contribution is 0.273. The van der Waals surface area contributed by atoms with Crippen molar-refractivity contribution in [1.29, 1.82) is 0 Å². The van der Waals surface area contributed by atoms with Crippen molar-refractivity contribution in [3.63, 3.8) is 0 Å². The summed E-state index contributed by atoms with van der Waals surface area (Å²) in [6.45, 7) is 10.4. The van der Waals surface area contributed by atoms with Crippen LogP contribution in [0.15, 0.2) is 24.8 Å². The van der Waals surface area contributed by atoms with Gasteiger partial charge >= 0.3 is 0 Å². The Bertz CT molecular complexity index is 339. The Morgan fingerprint density at radius 1 is 1.27 bits per heavy atom. The molecule has 0 aliphatic carbocycles. The third kappa shape index (κ3) is 2.48. The average Bonchev–Trinajstić information content (AvgIpc) is 2.26. The molecule has 0 saturated carbocycles. The van der Waals surface area contributed by atoms with Crippen LogP contribution in [0, 0.1) is 0 Å². The molecule has 0 amide bonds. The fourth-order valence-corrected chi connectivity index (χ4v) is 1.87. The number of hydrogen-bond donors (Lipinski definition) is 1. The maximum atomic E-state index is 9.20. The van der Waals surface area contributed by atoms with Crippen molar-refractivity contribution in [2.24, 2.45) is 0 Å². The van der Waals surface area contributed by atoms with Crippen LogP contribution in [0.1, 0.15) is 49.3 Å². The SMILES string of the molecule is C=Cc1c(C(C)C)cccc1C(C)CO. The van der Waals surface area contributed by atoms with Crippen molar-refractivity contribution in [2.45, 2.75) is 32.6 Å². The summed E-state index contributed by atoms with van der Waals surface area (Å²) in [5.41, 5.74) is 3.69. The van der Waals surface area contributed by atoms with Gasteiger partial charge < -0.3 is 5.11 Å². The highest BCUT2D eigenvalue weighted by atomic mass is 16.3. The number of hydrogen-bond acceptors (Lipinski definition) is 1. The van der Waals surface area contributed by atoms with E-state index in [9.17, 15) is 5.11 Å². The van der Waals surface area contributed by atoms with E-state index in [1.54, 1.807) is 0 Å². The molecule has 0 bridgehead atoms. The lowest BCUT2D eigenvalue weighted by Gasteiger charge is -2.17. The van der Waals surface area contributed by atoms with Crippen LogP contribution in [0.25, 0.3) is 6.08 Å². The van der Waals surface area contributed by atoms with E-state index in [0.717, 1.165) is 0 Å². The molecule has 0 aliphatic heterocycles. The molecule has 0 aromatic heterocycles. The van der Waals surface area contributed by atoms with Crippen LogP contribution in [0.4, 0.5) is 0 Å². The van der Waals surface area contributed by atoms with Crippen LogP contribution in [0.5, 0.6) is 0 Å². The number of aliphatic hydroxyl groups is 1. The number of benzene rings is 1. The molecule has 1 atom stereocenters. The Balaban J connectivity index is 3.28. The summed E-state index contributed by atoms with van der Waals surface area (Å²) in [7, 11) is 0. The van der Waals surface area contributed by atoms with Crippen LogP contribution in [-0.2, 0) is 0 Å². The molecule has 1 heteroatoms. The van der Waals surface area contributed by atoms with Gasteiger partial charge in [0.1, 0.15) is 0 Å².